The summed E-state index contributed by atoms with van der Waals surface area (Å²) in [6.45, 7) is 4.28. The number of hydrogen-bond donors (Lipinski definition) is 1. The van der Waals surface area contributed by atoms with Crippen LogP contribution in [-0.2, 0) is 0 Å². The second-order valence-corrected chi connectivity index (χ2v) is 4.64. The van der Waals surface area contributed by atoms with Gasteiger partial charge in [0.2, 0.25) is 0 Å². The molecular weight excluding hydrogens is 198 g/mol. The molecule has 1 fully saturated rings. The van der Waals surface area contributed by atoms with Gasteiger partial charge in [0.25, 0.3) is 0 Å². The molecule has 1 aliphatic heterocycles. The zero-order valence-corrected chi connectivity index (χ0v) is 10.0. The van der Waals surface area contributed by atoms with Crippen molar-refractivity contribution in [2.45, 2.75) is 38.6 Å². The van der Waals surface area contributed by atoms with E-state index in [1.807, 2.05) is 19.2 Å². The average Bonchev–Trinajstić information content (AvgIpc) is 2.57. The zero-order valence-electron chi connectivity index (χ0n) is 10.0. The molecule has 0 aromatic carbocycles. The smallest absolute Gasteiger partial charge is 0.128 e. The predicted molar refractivity (Wildman–Crippen MR) is 67.5 cm³/mol. The van der Waals surface area contributed by atoms with Crippen molar-refractivity contribution in [2.75, 3.05) is 18.0 Å². The van der Waals surface area contributed by atoms with E-state index < -0.39 is 0 Å². The minimum absolute atomic E-state index is 0.0914. The van der Waals surface area contributed by atoms with Gasteiger partial charge in [-0.25, -0.2) is 4.98 Å². The van der Waals surface area contributed by atoms with Crippen LogP contribution in [0.3, 0.4) is 0 Å². The molecule has 0 spiro atoms. The van der Waals surface area contributed by atoms with Crippen LogP contribution in [-0.4, -0.2) is 18.1 Å². The Hall–Kier alpha value is -1.09. The normalized spacial score (nSPS) is 19.2. The van der Waals surface area contributed by atoms with E-state index in [1.54, 1.807) is 0 Å². The van der Waals surface area contributed by atoms with Gasteiger partial charge in [0.1, 0.15) is 5.82 Å². The largest absolute Gasteiger partial charge is 0.357 e. The molecule has 1 saturated heterocycles. The third-order valence-corrected chi connectivity index (χ3v) is 3.23. The van der Waals surface area contributed by atoms with Gasteiger partial charge in [-0.3, -0.25) is 0 Å². The highest BCUT2D eigenvalue weighted by Gasteiger charge is 2.11. The Morgan fingerprint density at radius 2 is 1.94 bits per heavy atom. The molecular formula is C13H21N3. The van der Waals surface area contributed by atoms with Crippen molar-refractivity contribution in [2.24, 2.45) is 5.73 Å². The van der Waals surface area contributed by atoms with Gasteiger partial charge in [0.05, 0.1) is 0 Å². The third kappa shape index (κ3) is 2.73. The van der Waals surface area contributed by atoms with Gasteiger partial charge < -0.3 is 10.6 Å². The van der Waals surface area contributed by atoms with Crippen LogP contribution >= 0.6 is 0 Å². The summed E-state index contributed by atoms with van der Waals surface area (Å²) in [5, 5.41) is 0. The maximum absolute atomic E-state index is 5.90. The molecule has 3 nitrogen and oxygen atoms in total. The van der Waals surface area contributed by atoms with E-state index in [0.29, 0.717) is 0 Å². The average molecular weight is 219 g/mol. The van der Waals surface area contributed by atoms with Gasteiger partial charge in [-0.1, -0.05) is 12.8 Å². The Morgan fingerprint density at radius 1 is 1.25 bits per heavy atom. The van der Waals surface area contributed by atoms with Crippen molar-refractivity contribution in [1.82, 2.24) is 4.98 Å². The van der Waals surface area contributed by atoms with Crippen LogP contribution < -0.4 is 10.6 Å². The highest BCUT2D eigenvalue weighted by atomic mass is 15.2. The number of hydrogen-bond acceptors (Lipinski definition) is 3. The molecule has 0 radical (unpaired) electrons. The van der Waals surface area contributed by atoms with E-state index in [-0.39, 0.29) is 6.04 Å². The SMILES string of the molecule is C[C@H](N)c1ccnc(N2CCCCCC2)c1. The van der Waals surface area contributed by atoms with Crippen molar-refractivity contribution in [1.29, 1.82) is 0 Å². The first-order valence-electron chi connectivity index (χ1n) is 6.24. The fourth-order valence-electron chi connectivity index (χ4n) is 2.19. The maximum atomic E-state index is 5.90. The van der Waals surface area contributed by atoms with Gasteiger partial charge in [-0.15, -0.1) is 0 Å². The Balaban J connectivity index is 2.15. The summed E-state index contributed by atoms with van der Waals surface area (Å²) >= 11 is 0. The minimum atomic E-state index is 0.0914. The number of nitrogens with zero attached hydrogens (tertiary/aromatic N) is 2. The van der Waals surface area contributed by atoms with Gasteiger partial charge in [0.15, 0.2) is 0 Å². The molecule has 0 aliphatic carbocycles. The first kappa shape index (κ1) is 11.4. The lowest BCUT2D eigenvalue weighted by atomic mass is 10.1. The first-order valence-corrected chi connectivity index (χ1v) is 6.24. The molecule has 0 saturated carbocycles. The summed E-state index contributed by atoms with van der Waals surface area (Å²) in [5.74, 6) is 1.09. The Kier molecular flexibility index (Phi) is 3.78. The second-order valence-electron chi connectivity index (χ2n) is 4.64. The van der Waals surface area contributed by atoms with Gasteiger partial charge in [-0.2, -0.15) is 0 Å². The van der Waals surface area contributed by atoms with Gasteiger partial charge in [-0.05, 0) is 37.5 Å². The number of pyridine rings is 1. The number of nitrogens with two attached hydrogens (primary N) is 1. The Bertz CT molecular complexity index is 328. The van der Waals surface area contributed by atoms with Crippen molar-refractivity contribution < 1.29 is 0 Å². The third-order valence-electron chi connectivity index (χ3n) is 3.23. The lowest BCUT2D eigenvalue weighted by molar-refractivity contribution is 0.726. The topological polar surface area (TPSA) is 42.1 Å². The fraction of sp³-hybridized carbons (Fsp3) is 0.615. The lowest BCUT2D eigenvalue weighted by Gasteiger charge is -2.22. The van der Waals surface area contributed by atoms with Gasteiger partial charge in [0, 0.05) is 25.3 Å². The molecule has 1 aromatic rings. The van der Waals surface area contributed by atoms with Crippen molar-refractivity contribution in [3.05, 3.63) is 23.9 Å². The fourth-order valence-corrected chi connectivity index (χ4v) is 2.19. The lowest BCUT2D eigenvalue weighted by Crippen LogP contribution is -2.25. The highest BCUT2D eigenvalue weighted by molar-refractivity contribution is 5.41. The van der Waals surface area contributed by atoms with Crippen LogP contribution in [0.5, 0.6) is 0 Å². The van der Waals surface area contributed by atoms with Crippen molar-refractivity contribution in [3.8, 4) is 0 Å². The molecule has 0 amide bonds. The van der Waals surface area contributed by atoms with E-state index in [0.717, 1.165) is 18.9 Å². The van der Waals surface area contributed by atoms with Crippen LogP contribution in [0.2, 0.25) is 0 Å². The molecule has 0 bridgehead atoms. The second kappa shape index (κ2) is 5.30. The summed E-state index contributed by atoms with van der Waals surface area (Å²) < 4.78 is 0. The minimum Gasteiger partial charge on any atom is -0.357 e. The first-order chi connectivity index (χ1) is 7.77. The summed E-state index contributed by atoms with van der Waals surface area (Å²) in [4.78, 5) is 6.85. The molecule has 1 aliphatic rings. The van der Waals surface area contributed by atoms with E-state index in [4.69, 9.17) is 5.73 Å². The summed E-state index contributed by atoms with van der Waals surface area (Å²) in [6, 6.07) is 4.23. The molecule has 0 unspecified atom stereocenters. The quantitative estimate of drug-likeness (QED) is 0.831. The van der Waals surface area contributed by atoms with Crippen molar-refractivity contribution >= 4 is 5.82 Å². The maximum Gasteiger partial charge on any atom is 0.128 e. The van der Waals surface area contributed by atoms with Crippen LogP contribution in [0.25, 0.3) is 0 Å². The molecule has 1 atom stereocenters. The number of rotatable bonds is 2. The molecule has 2 N–H and O–H groups in total. The van der Waals surface area contributed by atoms with E-state index in [9.17, 15) is 0 Å². The molecule has 1 aromatic heterocycles. The molecule has 2 heterocycles. The van der Waals surface area contributed by atoms with Gasteiger partial charge >= 0.3 is 0 Å². The molecule has 2 rings (SSSR count). The molecule has 3 heteroatoms. The predicted octanol–water partition coefficient (Wildman–Crippen LogP) is 2.48. The molecule has 88 valence electrons. The monoisotopic (exact) mass is 219 g/mol. The number of anilines is 1. The Morgan fingerprint density at radius 3 is 2.56 bits per heavy atom. The van der Waals surface area contributed by atoms with Crippen LogP contribution in [0.15, 0.2) is 18.3 Å². The van der Waals surface area contributed by atoms with E-state index in [2.05, 4.69) is 16.0 Å². The summed E-state index contributed by atoms with van der Waals surface area (Å²) in [7, 11) is 0. The summed E-state index contributed by atoms with van der Waals surface area (Å²) in [6.07, 6.45) is 7.14. The van der Waals surface area contributed by atoms with Crippen molar-refractivity contribution in [3.63, 3.8) is 0 Å². The van der Waals surface area contributed by atoms with Crippen LogP contribution in [0.4, 0.5) is 5.82 Å². The van der Waals surface area contributed by atoms with E-state index >= 15 is 0 Å². The summed E-state index contributed by atoms with van der Waals surface area (Å²) in [5.41, 5.74) is 7.07. The van der Waals surface area contributed by atoms with E-state index in [1.165, 1.54) is 31.2 Å². The number of aromatic nitrogens is 1. The van der Waals surface area contributed by atoms with Crippen LogP contribution in [0.1, 0.15) is 44.2 Å². The van der Waals surface area contributed by atoms with Crippen LogP contribution in [0, 0.1) is 0 Å². The Labute approximate surface area is 97.7 Å². The standard InChI is InChI=1S/C13H21N3/c1-11(14)12-6-7-15-13(10-12)16-8-4-2-3-5-9-16/h6-7,10-11H,2-5,8-9,14H2,1H3/t11-/m0/s1. The zero-order chi connectivity index (χ0) is 11.4. The highest BCUT2D eigenvalue weighted by Crippen LogP contribution is 2.20. The molecule has 16 heavy (non-hydrogen) atoms.